The van der Waals surface area contributed by atoms with E-state index in [1.54, 1.807) is 0 Å². The van der Waals surface area contributed by atoms with Gasteiger partial charge in [-0.1, -0.05) is 185 Å². The first-order chi connectivity index (χ1) is 28.4. The van der Waals surface area contributed by atoms with Crippen molar-refractivity contribution in [3.63, 3.8) is 0 Å². The van der Waals surface area contributed by atoms with Crippen LogP contribution in [0.1, 0.15) is 206 Å². The highest BCUT2D eigenvalue weighted by Gasteiger charge is 2.44. The molecular weight excluding hydrogens is 733 g/mol. The third-order valence-electron chi connectivity index (χ3n) is 11.1. The van der Waals surface area contributed by atoms with Crippen molar-refractivity contribution in [2.45, 2.75) is 243 Å². The van der Waals surface area contributed by atoms with E-state index in [2.05, 4.69) is 50.3 Å². The number of allylic oxidation sites excluding steroid dienone is 6. The zero-order chi connectivity index (χ0) is 42.2. The first-order valence-electron chi connectivity index (χ1n) is 24.1. The monoisotopic (exact) mass is 823 g/mol. The Morgan fingerprint density at radius 3 is 1.50 bits per heavy atom. The number of hydrogen-bond donors (Lipinski definition) is 4. The Balaban J connectivity index is 2.17. The Bertz CT molecular complexity index is 983. The lowest BCUT2D eigenvalue weighted by Gasteiger charge is -2.39. The van der Waals surface area contributed by atoms with E-state index >= 15 is 0 Å². The lowest BCUT2D eigenvalue weighted by Crippen LogP contribution is -2.59. The van der Waals surface area contributed by atoms with E-state index in [0.717, 1.165) is 44.9 Å². The molecule has 0 saturated carbocycles. The summed E-state index contributed by atoms with van der Waals surface area (Å²) in [5, 5.41) is 40.1. The van der Waals surface area contributed by atoms with Crippen LogP contribution in [0.25, 0.3) is 0 Å². The average Bonchev–Trinajstić information content (AvgIpc) is 3.22. The second kappa shape index (κ2) is 40.8. The predicted molar refractivity (Wildman–Crippen MR) is 238 cm³/mol. The van der Waals surface area contributed by atoms with Crippen LogP contribution in [-0.4, -0.2) is 89.6 Å². The molecule has 0 aromatic rings. The van der Waals surface area contributed by atoms with Crippen molar-refractivity contribution in [3.8, 4) is 0 Å². The molecule has 6 atom stereocenters. The Labute approximate surface area is 355 Å². The van der Waals surface area contributed by atoms with Crippen LogP contribution in [0, 0.1) is 0 Å². The summed E-state index contributed by atoms with van der Waals surface area (Å²) in [7, 11) is 0. The van der Waals surface area contributed by atoms with Gasteiger partial charge < -0.3 is 39.4 Å². The molecule has 1 heterocycles. The van der Waals surface area contributed by atoms with Gasteiger partial charge in [-0.2, -0.15) is 0 Å². The van der Waals surface area contributed by atoms with Crippen LogP contribution in [-0.2, 0) is 23.7 Å². The van der Waals surface area contributed by atoms with Crippen molar-refractivity contribution < 1.29 is 44.2 Å². The summed E-state index contributed by atoms with van der Waals surface area (Å²) in [6.45, 7) is 4.55. The standard InChI is InChI=1S/C49H90O9/c1-3-5-7-9-11-13-15-16-17-18-19-20-21-22-23-24-25-26-27-28-29-30-32-34-36-38-45(51)57-43(41-55-39-37-35-33-31-14-12-10-8-6-4-2)42-56-49-48(54)47(53)46(52)44(40-50)58-49/h15-16,18-19,21-22,43-44,46-50,52-54H,3-14,17,20,23-42H2,1-2H3/b16-15-,19-18-,22-21-. The Hall–Kier alpha value is -1.59. The normalized spacial score (nSPS) is 20.6. The summed E-state index contributed by atoms with van der Waals surface area (Å²) in [5.74, 6) is -0.317. The molecule has 0 radical (unpaired) electrons. The van der Waals surface area contributed by atoms with Gasteiger partial charge in [-0.25, -0.2) is 0 Å². The fourth-order valence-electron chi connectivity index (χ4n) is 7.26. The number of aliphatic hydroxyl groups excluding tert-OH is 4. The summed E-state index contributed by atoms with van der Waals surface area (Å²) in [6.07, 6.45) is 41.8. The van der Waals surface area contributed by atoms with Crippen molar-refractivity contribution >= 4 is 5.97 Å². The summed E-state index contributed by atoms with van der Waals surface area (Å²) >= 11 is 0. The molecule has 1 rings (SSSR count). The molecule has 0 aromatic heterocycles. The van der Waals surface area contributed by atoms with Gasteiger partial charge in [-0.15, -0.1) is 0 Å². The maximum absolute atomic E-state index is 12.8. The van der Waals surface area contributed by atoms with E-state index in [0.29, 0.717) is 13.0 Å². The molecule has 9 heteroatoms. The maximum Gasteiger partial charge on any atom is 0.306 e. The summed E-state index contributed by atoms with van der Waals surface area (Å²) in [4.78, 5) is 12.8. The fourth-order valence-corrected chi connectivity index (χ4v) is 7.26. The average molecular weight is 823 g/mol. The van der Waals surface area contributed by atoms with Gasteiger partial charge in [-0.3, -0.25) is 4.79 Å². The van der Waals surface area contributed by atoms with Gasteiger partial charge in [-0.05, 0) is 51.4 Å². The van der Waals surface area contributed by atoms with Gasteiger partial charge in [0, 0.05) is 13.0 Å². The molecule has 1 saturated heterocycles. The first-order valence-corrected chi connectivity index (χ1v) is 24.1. The van der Waals surface area contributed by atoms with Crippen LogP contribution in [0.3, 0.4) is 0 Å². The largest absolute Gasteiger partial charge is 0.457 e. The van der Waals surface area contributed by atoms with Crippen molar-refractivity contribution in [1.29, 1.82) is 0 Å². The Kier molecular flexibility index (Phi) is 38.3. The molecule has 0 aromatic carbocycles. The molecule has 4 N–H and O–H groups in total. The lowest BCUT2D eigenvalue weighted by atomic mass is 9.99. The highest BCUT2D eigenvalue weighted by atomic mass is 16.7. The lowest BCUT2D eigenvalue weighted by molar-refractivity contribution is -0.305. The van der Waals surface area contributed by atoms with E-state index in [1.165, 1.54) is 141 Å². The molecule has 58 heavy (non-hydrogen) atoms. The Morgan fingerprint density at radius 1 is 0.552 bits per heavy atom. The minimum absolute atomic E-state index is 0.113. The Morgan fingerprint density at radius 2 is 1.00 bits per heavy atom. The SMILES string of the molecule is CCCCCCC/C=C\C/C=C\C/C=C\CCCCCCCCCCCCC(=O)OC(COCCCCCCCCCCCC)COC1OC(CO)C(O)C(O)C1O. The van der Waals surface area contributed by atoms with Gasteiger partial charge in [0.2, 0.25) is 0 Å². The van der Waals surface area contributed by atoms with E-state index in [-0.39, 0.29) is 19.2 Å². The highest BCUT2D eigenvalue weighted by Crippen LogP contribution is 2.23. The van der Waals surface area contributed by atoms with Gasteiger partial charge in [0.15, 0.2) is 6.29 Å². The number of esters is 1. The molecule has 0 bridgehead atoms. The second-order valence-corrected chi connectivity index (χ2v) is 16.6. The number of hydrogen-bond acceptors (Lipinski definition) is 9. The fraction of sp³-hybridized carbons (Fsp3) is 0.857. The number of ether oxygens (including phenoxy) is 4. The number of carbonyl (C=O) groups excluding carboxylic acids is 1. The molecule has 0 amide bonds. The first kappa shape index (κ1) is 54.4. The predicted octanol–water partition coefficient (Wildman–Crippen LogP) is 11.1. The molecule has 1 aliphatic heterocycles. The van der Waals surface area contributed by atoms with Gasteiger partial charge in [0.1, 0.15) is 30.5 Å². The van der Waals surface area contributed by atoms with Crippen LogP contribution in [0.15, 0.2) is 36.5 Å². The maximum atomic E-state index is 12.8. The van der Waals surface area contributed by atoms with Crippen LogP contribution in [0.4, 0.5) is 0 Å². The third kappa shape index (κ3) is 31.3. The molecule has 0 aliphatic carbocycles. The number of rotatable bonds is 41. The quantitative estimate of drug-likeness (QED) is 0.0270. The molecule has 0 spiro atoms. The van der Waals surface area contributed by atoms with Gasteiger partial charge >= 0.3 is 5.97 Å². The number of aliphatic hydroxyl groups is 4. The molecular formula is C49H90O9. The van der Waals surface area contributed by atoms with E-state index in [4.69, 9.17) is 18.9 Å². The molecule has 340 valence electrons. The van der Waals surface area contributed by atoms with Crippen molar-refractivity contribution in [2.24, 2.45) is 0 Å². The van der Waals surface area contributed by atoms with Crippen molar-refractivity contribution in [3.05, 3.63) is 36.5 Å². The van der Waals surface area contributed by atoms with Crippen LogP contribution in [0.5, 0.6) is 0 Å². The van der Waals surface area contributed by atoms with E-state index in [1.807, 2.05) is 0 Å². The highest BCUT2D eigenvalue weighted by molar-refractivity contribution is 5.69. The topological polar surface area (TPSA) is 135 Å². The zero-order valence-electron chi connectivity index (χ0n) is 37.3. The zero-order valence-corrected chi connectivity index (χ0v) is 37.3. The second-order valence-electron chi connectivity index (χ2n) is 16.6. The number of unbranched alkanes of at least 4 members (excludes halogenated alkanes) is 24. The van der Waals surface area contributed by atoms with Crippen LogP contribution >= 0.6 is 0 Å². The van der Waals surface area contributed by atoms with E-state index in [9.17, 15) is 25.2 Å². The van der Waals surface area contributed by atoms with Crippen molar-refractivity contribution in [2.75, 3.05) is 26.4 Å². The minimum Gasteiger partial charge on any atom is -0.457 e. The molecule has 1 fully saturated rings. The van der Waals surface area contributed by atoms with Crippen LogP contribution in [0.2, 0.25) is 0 Å². The minimum atomic E-state index is -1.53. The van der Waals surface area contributed by atoms with Crippen molar-refractivity contribution in [1.82, 2.24) is 0 Å². The summed E-state index contributed by atoms with van der Waals surface area (Å²) < 4.78 is 22.8. The summed E-state index contributed by atoms with van der Waals surface area (Å²) in [5.41, 5.74) is 0. The van der Waals surface area contributed by atoms with Gasteiger partial charge in [0.05, 0.1) is 19.8 Å². The third-order valence-corrected chi connectivity index (χ3v) is 11.1. The van der Waals surface area contributed by atoms with E-state index < -0.39 is 43.4 Å². The van der Waals surface area contributed by atoms with Crippen LogP contribution < -0.4 is 0 Å². The molecule has 6 unspecified atom stereocenters. The van der Waals surface area contributed by atoms with Gasteiger partial charge in [0.25, 0.3) is 0 Å². The summed E-state index contributed by atoms with van der Waals surface area (Å²) in [6, 6.07) is 0. The molecule has 1 aliphatic rings. The number of carbonyl (C=O) groups is 1. The molecule has 9 nitrogen and oxygen atoms in total. The smallest absolute Gasteiger partial charge is 0.306 e.